The molecule has 0 saturated heterocycles. The number of carbonyl (C=O) groups is 1. The monoisotopic (exact) mass is 213 g/mol. The summed E-state index contributed by atoms with van der Waals surface area (Å²) in [6.45, 7) is 9.26. The molecule has 1 N–H and O–H groups in total. The zero-order chi connectivity index (χ0) is 11.9. The topological polar surface area (TPSA) is 49.8 Å². The van der Waals surface area contributed by atoms with E-state index in [1.807, 2.05) is 26.8 Å². The fourth-order valence-corrected chi connectivity index (χ4v) is 1.34. The van der Waals surface area contributed by atoms with Gasteiger partial charge in [0, 0.05) is 6.54 Å². The van der Waals surface area contributed by atoms with Gasteiger partial charge in [-0.2, -0.15) is 0 Å². The molecule has 1 amide bonds. The molecule has 0 aromatic heterocycles. The third kappa shape index (κ3) is 2.96. The minimum absolute atomic E-state index is 0.401. The number of rotatable bonds is 1. The number of hydrogen-bond acceptors (Lipinski definition) is 3. The average molecular weight is 213 g/mol. The second-order valence-electron chi connectivity index (χ2n) is 5.24. The van der Waals surface area contributed by atoms with E-state index in [0.29, 0.717) is 12.2 Å². The maximum absolute atomic E-state index is 11.6. The van der Waals surface area contributed by atoms with Gasteiger partial charge in [0.25, 0.3) is 0 Å². The smallest absolute Gasteiger partial charge is 0.414 e. The Hall–Kier alpha value is -1.03. The Morgan fingerprint density at radius 3 is 2.20 bits per heavy atom. The van der Waals surface area contributed by atoms with Crippen LogP contribution >= 0.6 is 0 Å². The summed E-state index contributed by atoms with van der Waals surface area (Å²) in [5.41, 5.74) is -0.885. The highest BCUT2D eigenvalue weighted by Crippen LogP contribution is 2.28. The van der Waals surface area contributed by atoms with Crippen LogP contribution in [0.5, 0.6) is 0 Å². The fourth-order valence-electron chi connectivity index (χ4n) is 1.34. The highest BCUT2D eigenvalue weighted by atomic mass is 16.6. The molecule has 0 unspecified atom stereocenters. The van der Waals surface area contributed by atoms with E-state index < -0.39 is 17.3 Å². The normalized spacial score (nSPS) is 16.9. The molecule has 0 atom stereocenters. The molecular weight excluding hydrogens is 194 g/mol. The van der Waals surface area contributed by atoms with Gasteiger partial charge in [-0.25, -0.2) is 4.79 Å². The van der Waals surface area contributed by atoms with Crippen LogP contribution in [-0.4, -0.2) is 33.8 Å². The van der Waals surface area contributed by atoms with Gasteiger partial charge in [-0.05, 0) is 40.7 Å². The molecule has 4 nitrogen and oxygen atoms in total. The number of amides is 1. The predicted octanol–water partition coefficient (Wildman–Crippen LogP) is 1.89. The average Bonchev–Trinajstić information content (AvgIpc) is 1.72. The molecule has 0 bridgehead atoms. The summed E-state index contributed by atoms with van der Waals surface area (Å²) in [6.07, 6.45) is 1.42. The Morgan fingerprint density at radius 2 is 1.93 bits per heavy atom. The van der Waals surface area contributed by atoms with Crippen molar-refractivity contribution in [3.05, 3.63) is 11.8 Å². The minimum atomic E-state index is -0.991. The van der Waals surface area contributed by atoms with E-state index in [9.17, 15) is 9.90 Å². The van der Waals surface area contributed by atoms with Gasteiger partial charge in [0.15, 0.2) is 0 Å². The van der Waals surface area contributed by atoms with E-state index in [-0.39, 0.29) is 0 Å². The van der Waals surface area contributed by atoms with E-state index in [4.69, 9.17) is 4.74 Å². The van der Waals surface area contributed by atoms with Crippen LogP contribution in [0.4, 0.5) is 4.79 Å². The van der Waals surface area contributed by atoms with Crippen molar-refractivity contribution in [1.82, 2.24) is 4.90 Å². The second-order valence-corrected chi connectivity index (χ2v) is 5.24. The maximum Gasteiger partial charge on any atom is 0.414 e. The highest BCUT2D eigenvalue weighted by Gasteiger charge is 2.36. The van der Waals surface area contributed by atoms with Crippen molar-refractivity contribution < 1.29 is 14.6 Å². The van der Waals surface area contributed by atoms with Gasteiger partial charge in [-0.1, -0.05) is 0 Å². The Morgan fingerprint density at radius 1 is 1.40 bits per heavy atom. The van der Waals surface area contributed by atoms with Gasteiger partial charge in [0.05, 0.1) is 11.3 Å². The molecule has 1 rings (SSSR count). The summed E-state index contributed by atoms with van der Waals surface area (Å²) in [6, 6.07) is 0. The summed E-state index contributed by atoms with van der Waals surface area (Å²) in [7, 11) is 0. The van der Waals surface area contributed by atoms with Crippen LogP contribution in [0.15, 0.2) is 11.8 Å². The predicted molar refractivity (Wildman–Crippen MR) is 57.3 cm³/mol. The lowest BCUT2D eigenvalue weighted by Crippen LogP contribution is -2.47. The van der Waals surface area contributed by atoms with Crippen LogP contribution < -0.4 is 0 Å². The molecule has 86 valence electrons. The van der Waals surface area contributed by atoms with E-state index >= 15 is 0 Å². The Bertz CT molecular complexity index is 294. The fraction of sp³-hybridized carbons (Fsp3) is 0.727. The molecule has 0 fully saturated rings. The lowest BCUT2D eigenvalue weighted by molar-refractivity contribution is 0.0127. The van der Waals surface area contributed by atoms with Crippen molar-refractivity contribution >= 4 is 6.09 Å². The van der Waals surface area contributed by atoms with E-state index in [0.717, 1.165) is 0 Å². The van der Waals surface area contributed by atoms with E-state index in [1.54, 1.807) is 13.8 Å². The lowest BCUT2D eigenvalue weighted by Gasteiger charge is -2.38. The zero-order valence-corrected chi connectivity index (χ0v) is 10.00. The second kappa shape index (κ2) is 3.52. The molecule has 0 aromatic carbocycles. The van der Waals surface area contributed by atoms with Gasteiger partial charge < -0.3 is 9.84 Å². The first-order valence-electron chi connectivity index (χ1n) is 5.05. The largest absolute Gasteiger partial charge is 0.443 e. The number of nitrogens with zero attached hydrogens (tertiary/aromatic N) is 1. The van der Waals surface area contributed by atoms with Crippen molar-refractivity contribution in [3.8, 4) is 0 Å². The summed E-state index contributed by atoms with van der Waals surface area (Å²) in [5.74, 6) is 0. The first-order chi connectivity index (χ1) is 6.61. The van der Waals surface area contributed by atoms with Gasteiger partial charge in [-0.15, -0.1) is 0 Å². The molecular formula is C11H19NO3. The van der Waals surface area contributed by atoms with Crippen LogP contribution in [-0.2, 0) is 4.74 Å². The summed E-state index contributed by atoms with van der Waals surface area (Å²) < 4.78 is 5.20. The Balaban J connectivity index is 2.63. The van der Waals surface area contributed by atoms with Gasteiger partial charge in [0.2, 0.25) is 0 Å². The molecule has 1 aliphatic rings. The number of ether oxygens (including phenoxy) is 1. The van der Waals surface area contributed by atoms with Crippen molar-refractivity contribution in [2.24, 2.45) is 0 Å². The molecule has 4 heteroatoms. The van der Waals surface area contributed by atoms with Crippen LogP contribution in [0.25, 0.3) is 0 Å². The van der Waals surface area contributed by atoms with Crippen LogP contribution in [0, 0.1) is 0 Å². The first kappa shape index (κ1) is 12.0. The Labute approximate surface area is 90.5 Å². The quantitative estimate of drug-likeness (QED) is 0.723. The van der Waals surface area contributed by atoms with Gasteiger partial charge in [0.1, 0.15) is 5.60 Å². The lowest BCUT2D eigenvalue weighted by atomic mass is 9.99. The molecule has 15 heavy (non-hydrogen) atoms. The van der Waals surface area contributed by atoms with Crippen molar-refractivity contribution in [2.45, 2.75) is 45.8 Å². The summed E-state index contributed by atoms with van der Waals surface area (Å²) >= 11 is 0. The minimum Gasteiger partial charge on any atom is -0.443 e. The number of carbonyl (C=O) groups excluding carboxylic acids is 1. The summed E-state index contributed by atoms with van der Waals surface area (Å²) in [4.78, 5) is 13.1. The molecule has 0 radical (unpaired) electrons. The van der Waals surface area contributed by atoms with Gasteiger partial charge in [-0.3, -0.25) is 4.90 Å². The SMILES string of the molecule is CC(C)(C)OC(=O)N1CC=C1C(C)(C)O. The van der Waals surface area contributed by atoms with Crippen LogP contribution in [0.2, 0.25) is 0 Å². The number of hydrogen-bond donors (Lipinski definition) is 1. The number of aliphatic hydroxyl groups is 1. The zero-order valence-electron chi connectivity index (χ0n) is 10.00. The maximum atomic E-state index is 11.6. The van der Waals surface area contributed by atoms with Crippen molar-refractivity contribution in [3.63, 3.8) is 0 Å². The molecule has 0 spiro atoms. The molecule has 1 heterocycles. The molecule has 0 aliphatic carbocycles. The van der Waals surface area contributed by atoms with Crippen molar-refractivity contribution in [1.29, 1.82) is 0 Å². The first-order valence-corrected chi connectivity index (χ1v) is 5.05. The van der Waals surface area contributed by atoms with Crippen LogP contribution in [0.1, 0.15) is 34.6 Å². The molecule has 0 saturated carbocycles. The van der Waals surface area contributed by atoms with Crippen molar-refractivity contribution in [2.75, 3.05) is 6.54 Å². The summed E-state index contributed by atoms with van der Waals surface area (Å²) in [5, 5.41) is 9.74. The molecule has 1 aliphatic heterocycles. The highest BCUT2D eigenvalue weighted by molar-refractivity contribution is 5.73. The Kier molecular flexibility index (Phi) is 2.83. The van der Waals surface area contributed by atoms with E-state index in [1.165, 1.54) is 4.90 Å². The molecule has 0 aromatic rings. The van der Waals surface area contributed by atoms with Crippen LogP contribution in [0.3, 0.4) is 0 Å². The van der Waals surface area contributed by atoms with E-state index in [2.05, 4.69) is 0 Å². The standard InChI is InChI=1S/C11H19NO3/c1-10(2,3)15-9(13)12-7-6-8(12)11(4,5)14/h6,14H,7H2,1-5H3. The third-order valence-corrected chi connectivity index (χ3v) is 2.00. The van der Waals surface area contributed by atoms with Gasteiger partial charge >= 0.3 is 6.09 Å². The third-order valence-electron chi connectivity index (χ3n) is 2.00.